The van der Waals surface area contributed by atoms with Gasteiger partial charge >= 0.3 is 5.97 Å². The molecule has 150 valence electrons. The van der Waals surface area contributed by atoms with Crippen molar-refractivity contribution in [3.05, 3.63) is 64.7 Å². The van der Waals surface area contributed by atoms with E-state index < -0.39 is 28.6 Å². The minimum atomic E-state index is -3.85. The van der Waals surface area contributed by atoms with Crippen molar-refractivity contribution in [2.45, 2.75) is 45.1 Å². The van der Waals surface area contributed by atoms with Crippen molar-refractivity contribution < 1.29 is 22.7 Å². The van der Waals surface area contributed by atoms with Gasteiger partial charge in [0.2, 0.25) is 15.8 Å². The van der Waals surface area contributed by atoms with Gasteiger partial charge in [0.25, 0.3) is 0 Å². The van der Waals surface area contributed by atoms with Crippen LogP contribution in [0.5, 0.6) is 0 Å². The summed E-state index contributed by atoms with van der Waals surface area (Å²) in [7, 11) is -3.85. The Kier molecular flexibility index (Phi) is 7.10. The van der Waals surface area contributed by atoms with Crippen molar-refractivity contribution >= 4 is 21.8 Å². The fraction of sp³-hybridized carbons (Fsp3) is 0.333. The summed E-state index contributed by atoms with van der Waals surface area (Å²) in [4.78, 5) is 24.4. The molecule has 2 aromatic rings. The molecule has 0 fully saturated rings. The molecule has 0 aliphatic rings. The summed E-state index contributed by atoms with van der Waals surface area (Å²) in [5.74, 6) is -1.16. The summed E-state index contributed by atoms with van der Waals surface area (Å²) in [6.07, 6.45) is -0.147. The van der Waals surface area contributed by atoms with E-state index in [9.17, 15) is 18.0 Å². The van der Waals surface area contributed by atoms with Crippen LogP contribution < -0.4 is 4.72 Å². The zero-order chi connectivity index (χ0) is 20.9. The number of hydrogen-bond donors (Lipinski definition) is 1. The SMILES string of the molecule is CCc1ccc(C(=O)[C@H](C)OC(=O)CNS(=O)(=O)c2ccc(C)c(C)c2)cc1. The lowest BCUT2D eigenvalue weighted by atomic mass is 10.0. The second-order valence-corrected chi connectivity index (χ2v) is 8.38. The van der Waals surface area contributed by atoms with Crippen molar-refractivity contribution in [3.8, 4) is 0 Å². The summed E-state index contributed by atoms with van der Waals surface area (Å²) in [5, 5.41) is 0. The van der Waals surface area contributed by atoms with Crippen LogP contribution in [0.15, 0.2) is 47.4 Å². The molecular formula is C21H25NO5S. The predicted octanol–water partition coefficient (Wildman–Crippen LogP) is 2.96. The second kappa shape index (κ2) is 9.12. The highest BCUT2D eigenvalue weighted by Gasteiger charge is 2.21. The summed E-state index contributed by atoms with van der Waals surface area (Å²) in [6.45, 7) is 6.61. The van der Waals surface area contributed by atoms with E-state index in [1.165, 1.54) is 19.1 Å². The molecule has 0 aliphatic carbocycles. The Morgan fingerprint density at radius 1 is 1.04 bits per heavy atom. The monoisotopic (exact) mass is 403 g/mol. The van der Waals surface area contributed by atoms with Crippen molar-refractivity contribution in [1.29, 1.82) is 0 Å². The van der Waals surface area contributed by atoms with E-state index in [4.69, 9.17) is 4.74 Å². The molecule has 0 amide bonds. The normalized spacial score (nSPS) is 12.4. The first kappa shape index (κ1) is 21.8. The number of carbonyl (C=O) groups excluding carboxylic acids is 2. The number of carbonyl (C=O) groups is 2. The van der Waals surface area contributed by atoms with Crippen LogP contribution in [0.4, 0.5) is 0 Å². The molecule has 2 rings (SSSR count). The van der Waals surface area contributed by atoms with Crippen LogP contribution in [-0.2, 0) is 26.0 Å². The maximum atomic E-state index is 12.4. The van der Waals surface area contributed by atoms with Gasteiger partial charge in [-0.05, 0) is 56.0 Å². The number of esters is 1. The highest BCUT2D eigenvalue weighted by molar-refractivity contribution is 7.89. The smallest absolute Gasteiger partial charge is 0.321 e. The molecule has 0 saturated heterocycles. The second-order valence-electron chi connectivity index (χ2n) is 6.62. The zero-order valence-corrected chi connectivity index (χ0v) is 17.3. The molecule has 0 heterocycles. The van der Waals surface area contributed by atoms with Crippen LogP contribution in [0.2, 0.25) is 0 Å². The highest BCUT2D eigenvalue weighted by Crippen LogP contribution is 2.14. The first-order chi connectivity index (χ1) is 13.1. The van der Waals surface area contributed by atoms with Crippen LogP contribution >= 0.6 is 0 Å². The fourth-order valence-corrected chi connectivity index (χ4v) is 3.60. The first-order valence-corrected chi connectivity index (χ1v) is 10.5. The molecule has 1 N–H and O–H groups in total. The van der Waals surface area contributed by atoms with E-state index in [0.29, 0.717) is 5.56 Å². The summed E-state index contributed by atoms with van der Waals surface area (Å²) in [6, 6.07) is 11.8. The number of ether oxygens (including phenoxy) is 1. The Morgan fingerprint density at radius 2 is 1.68 bits per heavy atom. The van der Waals surface area contributed by atoms with E-state index in [1.807, 2.05) is 32.9 Å². The largest absolute Gasteiger partial charge is 0.453 e. The Balaban J connectivity index is 1.95. The number of benzene rings is 2. The van der Waals surface area contributed by atoms with Gasteiger partial charge in [-0.1, -0.05) is 37.3 Å². The third-order valence-corrected chi connectivity index (χ3v) is 5.92. The van der Waals surface area contributed by atoms with Crippen LogP contribution in [0.1, 0.15) is 40.9 Å². The maximum absolute atomic E-state index is 12.4. The van der Waals surface area contributed by atoms with Crippen LogP contribution in [-0.4, -0.2) is 32.8 Å². The molecule has 0 aliphatic heterocycles. The number of rotatable bonds is 8. The lowest BCUT2D eigenvalue weighted by molar-refractivity contribution is -0.144. The van der Waals surface area contributed by atoms with E-state index >= 15 is 0 Å². The Hall–Kier alpha value is -2.51. The topological polar surface area (TPSA) is 89.5 Å². The summed E-state index contributed by atoms with van der Waals surface area (Å²) >= 11 is 0. The van der Waals surface area contributed by atoms with E-state index in [2.05, 4.69) is 4.72 Å². The van der Waals surface area contributed by atoms with E-state index in [0.717, 1.165) is 23.1 Å². The average molecular weight is 404 g/mol. The zero-order valence-electron chi connectivity index (χ0n) is 16.5. The van der Waals surface area contributed by atoms with Gasteiger partial charge in [-0.3, -0.25) is 9.59 Å². The minimum absolute atomic E-state index is 0.0727. The Bertz CT molecular complexity index is 965. The third-order valence-electron chi connectivity index (χ3n) is 4.52. The number of nitrogens with one attached hydrogen (secondary N) is 1. The van der Waals surface area contributed by atoms with Crippen molar-refractivity contribution in [1.82, 2.24) is 4.72 Å². The van der Waals surface area contributed by atoms with Gasteiger partial charge in [0.15, 0.2) is 6.10 Å². The molecule has 0 aromatic heterocycles. The molecule has 0 bridgehead atoms. The lowest BCUT2D eigenvalue weighted by Gasteiger charge is -2.13. The van der Waals surface area contributed by atoms with E-state index in [-0.39, 0.29) is 10.7 Å². The van der Waals surface area contributed by atoms with E-state index in [1.54, 1.807) is 18.2 Å². The maximum Gasteiger partial charge on any atom is 0.321 e. The summed E-state index contributed by atoms with van der Waals surface area (Å²) < 4.78 is 31.9. The van der Waals surface area contributed by atoms with Gasteiger partial charge in [0, 0.05) is 5.56 Å². The molecule has 6 nitrogen and oxygen atoms in total. The number of ketones is 1. The van der Waals surface area contributed by atoms with Gasteiger partial charge in [-0.2, -0.15) is 4.72 Å². The first-order valence-electron chi connectivity index (χ1n) is 9.03. The van der Waals surface area contributed by atoms with Crippen molar-refractivity contribution in [2.24, 2.45) is 0 Å². The quantitative estimate of drug-likeness (QED) is 0.541. The van der Waals surface area contributed by atoms with Gasteiger partial charge in [0.1, 0.15) is 6.54 Å². The highest BCUT2D eigenvalue weighted by atomic mass is 32.2. The Morgan fingerprint density at radius 3 is 2.25 bits per heavy atom. The Labute approximate surface area is 166 Å². The minimum Gasteiger partial charge on any atom is -0.453 e. The van der Waals surface area contributed by atoms with Gasteiger partial charge < -0.3 is 4.74 Å². The number of hydrogen-bond acceptors (Lipinski definition) is 5. The average Bonchev–Trinajstić information content (AvgIpc) is 2.68. The molecule has 2 aromatic carbocycles. The number of sulfonamides is 1. The van der Waals surface area contributed by atoms with Gasteiger partial charge in [-0.15, -0.1) is 0 Å². The lowest BCUT2D eigenvalue weighted by Crippen LogP contribution is -2.34. The van der Waals surface area contributed by atoms with Gasteiger partial charge in [0.05, 0.1) is 4.90 Å². The molecule has 0 saturated carbocycles. The van der Waals surface area contributed by atoms with Crippen molar-refractivity contribution in [3.63, 3.8) is 0 Å². The molecule has 0 radical (unpaired) electrons. The summed E-state index contributed by atoms with van der Waals surface area (Å²) in [5.41, 5.74) is 3.34. The van der Waals surface area contributed by atoms with Gasteiger partial charge in [-0.25, -0.2) is 8.42 Å². The molecular weight excluding hydrogens is 378 g/mol. The fourth-order valence-electron chi connectivity index (χ4n) is 2.55. The standard InChI is InChI=1S/C21H25NO5S/c1-5-17-7-9-18(10-8-17)21(24)16(4)27-20(23)13-22-28(25,26)19-11-6-14(2)15(3)12-19/h6-12,16,22H,5,13H2,1-4H3/t16-/m0/s1. The molecule has 28 heavy (non-hydrogen) atoms. The predicted molar refractivity (Wildman–Crippen MR) is 107 cm³/mol. The van der Waals surface area contributed by atoms with Crippen LogP contribution in [0, 0.1) is 13.8 Å². The molecule has 1 atom stereocenters. The molecule has 0 spiro atoms. The number of aryl methyl sites for hydroxylation is 3. The number of Topliss-reactive ketones (excluding diaryl/α,β-unsaturated/α-hetero) is 1. The van der Waals surface area contributed by atoms with Crippen LogP contribution in [0.25, 0.3) is 0 Å². The van der Waals surface area contributed by atoms with Crippen molar-refractivity contribution in [2.75, 3.05) is 6.54 Å². The third kappa shape index (κ3) is 5.50. The van der Waals surface area contributed by atoms with Crippen LogP contribution in [0.3, 0.4) is 0 Å². The molecule has 7 heteroatoms. The molecule has 0 unspecified atom stereocenters.